The summed E-state index contributed by atoms with van der Waals surface area (Å²) in [7, 11) is 2.01. The van der Waals surface area contributed by atoms with Crippen LogP contribution in [0, 0.1) is 6.92 Å². The third-order valence-corrected chi connectivity index (χ3v) is 3.10. The summed E-state index contributed by atoms with van der Waals surface area (Å²) in [5, 5.41) is 3.35. The molecule has 0 unspecified atom stereocenters. The lowest BCUT2D eigenvalue weighted by Crippen LogP contribution is -2.24. The number of pyridine rings is 1. The number of nitrogens with one attached hydrogen (secondary N) is 1. The highest BCUT2D eigenvalue weighted by Crippen LogP contribution is 2.11. The number of anilines is 1. The van der Waals surface area contributed by atoms with Crippen LogP contribution in [-0.4, -0.2) is 28.0 Å². The van der Waals surface area contributed by atoms with Crippen molar-refractivity contribution in [3.05, 3.63) is 47.7 Å². The Labute approximate surface area is 126 Å². The minimum atomic E-state index is 0.435. The Balaban J connectivity index is 2.05. The van der Waals surface area contributed by atoms with E-state index in [2.05, 4.69) is 39.0 Å². The van der Waals surface area contributed by atoms with Crippen LogP contribution in [0.5, 0.6) is 0 Å². The van der Waals surface area contributed by atoms with Crippen LogP contribution in [-0.2, 0) is 13.1 Å². The first-order valence-corrected chi connectivity index (χ1v) is 7.22. The molecule has 112 valence electrons. The minimum Gasteiger partial charge on any atom is -0.352 e. The molecule has 5 nitrogen and oxygen atoms in total. The van der Waals surface area contributed by atoms with Crippen LogP contribution in [0.25, 0.3) is 0 Å². The van der Waals surface area contributed by atoms with E-state index < -0.39 is 0 Å². The SMILES string of the molecule is Cc1cccc(CN(C)c2cncc(CNC(C)C)n2)n1. The predicted molar refractivity (Wildman–Crippen MR) is 85.1 cm³/mol. The number of rotatable bonds is 6. The van der Waals surface area contributed by atoms with Crippen LogP contribution in [0.2, 0.25) is 0 Å². The van der Waals surface area contributed by atoms with Crippen molar-refractivity contribution in [3.8, 4) is 0 Å². The Morgan fingerprint density at radius 1 is 1.14 bits per heavy atom. The summed E-state index contributed by atoms with van der Waals surface area (Å²) in [5.41, 5.74) is 3.01. The number of aromatic nitrogens is 3. The molecule has 5 heteroatoms. The zero-order valence-corrected chi connectivity index (χ0v) is 13.2. The molecule has 0 aliphatic heterocycles. The van der Waals surface area contributed by atoms with Crippen LogP contribution in [0.4, 0.5) is 5.82 Å². The minimum absolute atomic E-state index is 0.435. The van der Waals surface area contributed by atoms with Crippen molar-refractivity contribution in [1.82, 2.24) is 20.3 Å². The number of nitrogens with zero attached hydrogens (tertiary/aromatic N) is 4. The average Bonchev–Trinajstić information content (AvgIpc) is 2.45. The van der Waals surface area contributed by atoms with Gasteiger partial charge in [-0.3, -0.25) is 9.97 Å². The molecule has 0 aliphatic rings. The number of hydrogen-bond donors (Lipinski definition) is 1. The highest BCUT2D eigenvalue weighted by Gasteiger charge is 2.07. The maximum atomic E-state index is 4.64. The van der Waals surface area contributed by atoms with Gasteiger partial charge in [-0.2, -0.15) is 0 Å². The van der Waals surface area contributed by atoms with Gasteiger partial charge in [0.2, 0.25) is 0 Å². The van der Waals surface area contributed by atoms with Crippen LogP contribution < -0.4 is 10.2 Å². The Morgan fingerprint density at radius 3 is 2.67 bits per heavy atom. The fourth-order valence-electron chi connectivity index (χ4n) is 1.98. The maximum Gasteiger partial charge on any atom is 0.147 e. The topological polar surface area (TPSA) is 53.9 Å². The molecule has 2 heterocycles. The second-order valence-corrected chi connectivity index (χ2v) is 5.53. The lowest BCUT2D eigenvalue weighted by molar-refractivity contribution is 0.580. The fourth-order valence-corrected chi connectivity index (χ4v) is 1.98. The Hall–Kier alpha value is -2.01. The van der Waals surface area contributed by atoms with Crippen molar-refractivity contribution in [1.29, 1.82) is 0 Å². The van der Waals surface area contributed by atoms with E-state index in [0.29, 0.717) is 6.04 Å². The van der Waals surface area contributed by atoms with Crippen molar-refractivity contribution in [2.24, 2.45) is 0 Å². The molecule has 0 spiro atoms. The first-order valence-electron chi connectivity index (χ1n) is 7.22. The van der Waals surface area contributed by atoms with Crippen molar-refractivity contribution in [2.75, 3.05) is 11.9 Å². The first kappa shape index (κ1) is 15.4. The van der Waals surface area contributed by atoms with E-state index in [1.165, 1.54) is 0 Å². The zero-order valence-electron chi connectivity index (χ0n) is 13.2. The van der Waals surface area contributed by atoms with Gasteiger partial charge in [-0.15, -0.1) is 0 Å². The smallest absolute Gasteiger partial charge is 0.147 e. The molecule has 2 aromatic rings. The molecule has 0 aromatic carbocycles. The van der Waals surface area contributed by atoms with Crippen molar-refractivity contribution in [3.63, 3.8) is 0 Å². The van der Waals surface area contributed by atoms with E-state index in [-0.39, 0.29) is 0 Å². The quantitative estimate of drug-likeness (QED) is 0.882. The largest absolute Gasteiger partial charge is 0.352 e. The first-order chi connectivity index (χ1) is 10.0. The van der Waals surface area contributed by atoms with Gasteiger partial charge in [0.05, 0.1) is 24.1 Å². The van der Waals surface area contributed by atoms with Crippen molar-refractivity contribution >= 4 is 5.82 Å². The highest BCUT2D eigenvalue weighted by atomic mass is 15.2. The molecule has 21 heavy (non-hydrogen) atoms. The normalized spacial score (nSPS) is 10.9. The van der Waals surface area contributed by atoms with Crippen LogP contribution >= 0.6 is 0 Å². The molecular formula is C16H23N5. The van der Waals surface area contributed by atoms with Gasteiger partial charge < -0.3 is 10.2 Å². The lowest BCUT2D eigenvalue weighted by atomic mass is 10.3. The van der Waals surface area contributed by atoms with Crippen LogP contribution in [0.15, 0.2) is 30.6 Å². The summed E-state index contributed by atoms with van der Waals surface area (Å²) < 4.78 is 0. The van der Waals surface area contributed by atoms with E-state index in [4.69, 9.17) is 0 Å². The Morgan fingerprint density at radius 2 is 1.95 bits per heavy atom. The van der Waals surface area contributed by atoms with E-state index in [0.717, 1.165) is 36.0 Å². The monoisotopic (exact) mass is 285 g/mol. The Bertz CT molecular complexity index is 582. The number of hydrogen-bond acceptors (Lipinski definition) is 5. The van der Waals surface area contributed by atoms with Gasteiger partial charge in [-0.25, -0.2) is 4.98 Å². The third kappa shape index (κ3) is 4.79. The fraction of sp³-hybridized carbons (Fsp3) is 0.438. The molecule has 2 aromatic heterocycles. The van der Waals surface area contributed by atoms with Crippen LogP contribution in [0.1, 0.15) is 30.9 Å². The van der Waals surface area contributed by atoms with E-state index in [1.54, 1.807) is 12.4 Å². The zero-order chi connectivity index (χ0) is 15.2. The molecule has 0 saturated heterocycles. The second kappa shape index (κ2) is 7.13. The van der Waals surface area contributed by atoms with Gasteiger partial charge in [0.1, 0.15) is 5.82 Å². The molecule has 0 bridgehead atoms. The molecule has 0 radical (unpaired) electrons. The van der Waals surface area contributed by atoms with Gasteiger partial charge in [-0.05, 0) is 19.1 Å². The number of aryl methyl sites for hydroxylation is 1. The van der Waals surface area contributed by atoms with E-state index in [9.17, 15) is 0 Å². The maximum absolute atomic E-state index is 4.64. The summed E-state index contributed by atoms with van der Waals surface area (Å²) in [6.45, 7) is 7.69. The predicted octanol–water partition coefficient (Wildman–Crippen LogP) is 2.31. The summed E-state index contributed by atoms with van der Waals surface area (Å²) in [6.07, 6.45) is 3.59. The molecule has 2 rings (SSSR count). The molecule has 0 atom stereocenters. The standard InChI is InChI=1S/C16H23N5/c1-12(2)18-9-15-8-17-10-16(20-15)21(4)11-14-7-5-6-13(3)19-14/h5-8,10,12,18H,9,11H2,1-4H3. The highest BCUT2D eigenvalue weighted by molar-refractivity contribution is 5.36. The van der Waals surface area contributed by atoms with Gasteiger partial charge in [0.25, 0.3) is 0 Å². The molecular weight excluding hydrogens is 262 g/mol. The second-order valence-electron chi connectivity index (χ2n) is 5.53. The van der Waals surface area contributed by atoms with Gasteiger partial charge in [0.15, 0.2) is 0 Å². The Kier molecular flexibility index (Phi) is 5.22. The molecule has 1 N–H and O–H groups in total. The van der Waals surface area contributed by atoms with Gasteiger partial charge in [0, 0.05) is 31.5 Å². The average molecular weight is 285 g/mol. The van der Waals surface area contributed by atoms with Crippen molar-refractivity contribution < 1.29 is 0 Å². The van der Waals surface area contributed by atoms with Gasteiger partial charge >= 0.3 is 0 Å². The van der Waals surface area contributed by atoms with Crippen LogP contribution in [0.3, 0.4) is 0 Å². The molecule has 0 fully saturated rings. The van der Waals surface area contributed by atoms with E-state index >= 15 is 0 Å². The third-order valence-electron chi connectivity index (χ3n) is 3.10. The molecule has 0 saturated carbocycles. The summed E-state index contributed by atoms with van der Waals surface area (Å²) in [5.74, 6) is 0.862. The molecule has 0 aliphatic carbocycles. The summed E-state index contributed by atoms with van der Waals surface area (Å²) in [6, 6.07) is 6.49. The summed E-state index contributed by atoms with van der Waals surface area (Å²) >= 11 is 0. The lowest BCUT2D eigenvalue weighted by Gasteiger charge is -2.18. The molecule has 0 amide bonds. The van der Waals surface area contributed by atoms with E-state index in [1.807, 2.05) is 32.2 Å². The van der Waals surface area contributed by atoms with Crippen molar-refractivity contribution in [2.45, 2.75) is 39.9 Å². The van der Waals surface area contributed by atoms with Gasteiger partial charge in [-0.1, -0.05) is 19.9 Å². The summed E-state index contributed by atoms with van der Waals surface area (Å²) in [4.78, 5) is 15.5.